The second-order valence-electron chi connectivity index (χ2n) is 3.18. The predicted molar refractivity (Wildman–Crippen MR) is 59.7 cm³/mol. The van der Waals surface area contributed by atoms with E-state index in [4.69, 9.17) is 4.74 Å². The lowest BCUT2D eigenvalue weighted by Crippen LogP contribution is -1.89. The van der Waals surface area contributed by atoms with Crippen LogP contribution in [0, 0.1) is 6.42 Å². The molecule has 15 heavy (non-hydrogen) atoms. The average molecular weight is 198 g/mol. The third kappa shape index (κ3) is 2.56. The van der Waals surface area contributed by atoms with Gasteiger partial charge >= 0.3 is 0 Å². The van der Waals surface area contributed by atoms with E-state index in [0.29, 0.717) is 0 Å². The van der Waals surface area contributed by atoms with Crippen molar-refractivity contribution in [2.75, 3.05) is 7.11 Å². The molecule has 0 spiro atoms. The van der Waals surface area contributed by atoms with E-state index >= 15 is 0 Å². The third-order valence-electron chi connectivity index (χ3n) is 2.10. The summed E-state index contributed by atoms with van der Waals surface area (Å²) in [6.07, 6.45) is 3.80. The largest absolute Gasteiger partial charge is 0.497 e. The van der Waals surface area contributed by atoms with Crippen molar-refractivity contribution in [3.8, 4) is 5.75 Å². The van der Waals surface area contributed by atoms with Crippen molar-refractivity contribution in [2.45, 2.75) is 0 Å². The first-order chi connectivity index (χ1) is 7.38. The van der Waals surface area contributed by atoms with Gasteiger partial charge in [0.1, 0.15) is 5.75 Å². The minimum Gasteiger partial charge on any atom is -0.497 e. The molecule has 0 N–H and O–H groups in total. The van der Waals surface area contributed by atoms with Gasteiger partial charge in [-0.15, -0.1) is 0 Å². The van der Waals surface area contributed by atoms with Crippen molar-refractivity contribution < 1.29 is 4.74 Å². The summed E-state index contributed by atoms with van der Waals surface area (Å²) < 4.78 is 5.15. The summed E-state index contributed by atoms with van der Waals surface area (Å²) in [4.78, 5) is 4.23. The van der Waals surface area contributed by atoms with Gasteiger partial charge in [0.15, 0.2) is 0 Å². The Morgan fingerprint density at radius 3 is 2.80 bits per heavy atom. The number of methoxy groups -OCH3 is 1. The Hall–Kier alpha value is -1.83. The van der Waals surface area contributed by atoms with E-state index in [1.54, 1.807) is 13.3 Å². The minimum atomic E-state index is 0.861. The molecule has 2 aromatic rings. The molecule has 1 aromatic carbocycles. The Labute approximate surface area is 89.6 Å². The van der Waals surface area contributed by atoms with E-state index < -0.39 is 0 Å². The van der Waals surface area contributed by atoms with Crippen LogP contribution in [0.1, 0.15) is 11.3 Å². The fourth-order valence-electron chi connectivity index (χ4n) is 1.36. The van der Waals surface area contributed by atoms with Gasteiger partial charge in [-0.3, -0.25) is 4.98 Å². The summed E-state index contributed by atoms with van der Waals surface area (Å²) in [6, 6.07) is 13.7. The Morgan fingerprint density at radius 1 is 1.13 bits per heavy atom. The minimum absolute atomic E-state index is 0.861. The first-order valence-electron chi connectivity index (χ1n) is 4.78. The summed E-state index contributed by atoms with van der Waals surface area (Å²) in [5.74, 6) is 0.861. The van der Waals surface area contributed by atoms with Crippen molar-refractivity contribution in [3.05, 3.63) is 66.3 Å². The Balaban J connectivity index is 2.17. The van der Waals surface area contributed by atoms with Crippen LogP contribution in [-0.2, 0) is 0 Å². The van der Waals surface area contributed by atoms with Gasteiger partial charge in [0.25, 0.3) is 0 Å². The van der Waals surface area contributed by atoms with Gasteiger partial charge in [-0.1, -0.05) is 18.2 Å². The summed E-state index contributed by atoms with van der Waals surface area (Å²) in [7, 11) is 1.67. The lowest BCUT2D eigenvalue weighted by Gasteiger charge is -2.03. The standard InChI is InChI=1S/C13H12NO/c1-15-13-7-4-5-11(10-13)9-12-6-2-3-8-14-12/h2-10H,1H3. The lowest BCUT2D eigenvalue weighted by atomic mass is 10.1. The van der Waals surface area contributed by atoms with E-state index in [1.165, 1.54) is 0 Å². The number of hydrogen-bond acceptors (Lipinski definition) is 2. The molecule has 0 aliphatic rings. The number of ether oxygens (including phenoxy) is 1. The number of nitrogens with zero attached hydrogens (tertiary/aromatic N) is 1. The predicted octanol–water partition coefficient (Wildman–Crippen LogP) is 2.69. The Bertz CT molecular complexity index is 426. The van der Waals surface area contributed by atoms with Gasteiger partial charge in [0.2, 0.25) is 0 Å². The summed E-state index contributed by atoms with van der Waals surface area (Å²) in [5, 5.41) is 0. The van der Waals surface area contributed by atoms with Crippen LogP contribution < -0.4 is 4.74 Å². The third-order valence-corrected chi connectivity index (χ3v) is 2.10. The molecule has 0 bridgehead atoms. The topological polar surface area (TPSA) is 22.1 Å². The molecule has 0 aliphatic heterocycles. The fraction of sp³-hybridized carbons (Fsp3) is 0.0769. The maximum Gasteiger partial charge on any atom is 0.119 e. The molecule has 1 heterocycles. The highest BCUT2D eigenvalue weighted by atomic mass is 16.5. The first kappa shape index (κ1) is 9.71. The zero-order chi connectivity index (χ0) is 10.5. The first-order valence-corrected chi connectivity index (χ1v) is 4.78. The monoisotopic (exact) mass is 198 g/mol. The number of aromatic nitrogens is 1. The van der Waals surface area contributed by atoms with Crippen molar-refractivity contribution in [3.63, 3.8) is 0 Å². The van der Waals surface area contributed by atoms with Crippen molar-refractivity contribution in [2.24, 2.45) is 0 Å². The van der Waals surface area contributed by atoms with Gasteiger partial charge < -0.3 is 4.74 Å². The quantitative estimate of drug-likeness (QED) is 0.756. The molecule has 0 amide bonds. The normalized spacial score (nSPS) is 9.93. The summed E-state index contributed by atoms with van der Waals surface area (Å²) >= 11 is 0. The molecular formula is C13H12NO. The molecule has 0 atom stereocenters. The Kier molecular flexibility index (Phi) is 2.98. The molecule has 1 aromatic heterocycles. The van der Waals surface area contributed by atoms with Gasteiger partial charge in [-0.05, 0) is 29.8 Å². The van der Waals surface area contributed by atoms with Crippen LogP contribution in [-0.4, -0.2) is 12.1 Å². The van der Waals surface area contributed by atoms with Crippen molar-refractivity contribution in [1.29, 1.82) is 0 Å². The van der Waals surface area contributed by atoms with Gasteiger partial charge in [0.05, 0.1) is 7.11 Å². The van der Waals surface area contributed by atoms with Crippen LogP contribution in [0.2, 0.25) is 0 Å². The molecule has 1 radical (unpaired) electrons. The second kappa shape index (κ2) is 4.60. The highest BCUT2D eigenvalue weighted by Gasteiger charge is 1.98. The molecule has 0 saturated carbocycles. The smallest absolute Gasteiger partial charge is 0.119 e. The maximum absolute atomic E-state index is 5.15. The zero-order valence-corrected chi connectivity index (χ0v) is 8.55. The SMILES string of the molecule is COc1cccc([CH]c2ccccn2)c1. The van der Waals surface area contributed by atoms with E-state index in [2.05, 4.69) is 4.98 Å². The van der Waals surface area contributed by atoms with Crippen LogP contribution in [0.5, 0.6) is 5.75 Å². The highest BCUT2D eigenvalue weighted by molar-refractivity contribution is 5.37. The summed E-state index contributed by atoms with van der Waals surface area (Å²) in [5.41, 5.74) is 2.04. The maximum atomic E-state index is 5.15. The number of hydrogen-bond donors (Lipinski definition) is 0. The average Bonchev–Trinajstić information content (AvgIpc) is 2.31. The van der Waals surface area contributed by atoms with Gasteiger partial charge in [0, 0.05) is 18.3 Å². The molecule has 0 unspecified atom stereocenters. The number of rotatable bonds is 3. The number of benzene rings is 1. The molecule has 2 nitrogen and oxygen atoms in total. The van der Waals surface area contributed by atoms with Crippen molar-refractivity contribution >= 4 is 0 Å². The van der Waals surface area contributed by atoms with Crippen LogP contribution >= 0.6 is 0 Å². The molecular weight excluding hydrogens is 186 g/mol. The molecule has 0 saturated heterocycles. The molecule has 2 heteroatoms. The summed E-state index contributed by atoms with van der Waals surface area (Å²) in [6.45, 7) is 0. The van der Waals surface area contributed by atoms with Crippen LogP contribution in [0.4, 0.5) is 0 Å². The molecule has 75 valence electrons. The van der Waals surface area contributed by atoms with E-state index in [-0.39, 0.29) is 0 Å². The lowest BCUT2D eigenvalue weighted by molar-refractivity contribution is 0.414. The second-order valence-corrected chi connectivity index (χ2v) is 3.18. The fourth-order valence-corrected chi connectivity index (χ4v) is 1.36. The zero-order valence-electron chi connectivity index (χ0n) is 8.55. The van der Waals surface area contributed by atoms with Crippen molar-refractivity contribution in [1.82, 2.24) is 4.98 Å². The van der Waals surface area contributed by atoms with Crippen LogP contribution in [0.3, 0.4) is 0 Å². The molecule has 2 rings (SSSR count). The Morgan fingerprint density at radius 2 is 2.07 bits per heavy atom. The molecule has 0 aliphatic carbocycles. The van der Waals surface area contributed by atoms with Gasteiger partial charge in [-0.25, -0.2) is 0 Å². The van der Waals surface area contributed by atoms with Gasteiger partial charge in [-0.2, -0.15) is 0 Å². The van der Waals surface area contributed by atoms with Crippen LogP contribution in [0.15, 0.2) is 48.7 Å². The van der Waals surface area contributed by atoms with E-state index in [0.717, 1.165) is 17.0 Å². The van der Waals surface area contributed by atoms with E-state index in [9.17, 15) is 0 Å². The number of pyridine rings is 1. The van der Waals surface area contributed by atoms with Crippen LogP contribution in [0.25, 0.3) is 0 Å². The van der Waals surface area contributed by atoms with E-state index in [1.807, 2.05) is 48.9 Å². The molecule has 0 fully saturated rings. The highest BCUT2D eigenvalue weighted by Crippen LogP contribution is 2.16.